The molecule has 0 aliphatic rings. The average Bonchev–Trinajstić information content (AvgIpc) is 2.44. The summed E-state index contributed by atoms with van der Waals surface area (Å²) in [4.78, 5) is 88.8. The van der Waals surface area contributed by atoms with E-state index in [-0.39, 0.29) is 40.4 Å². The molecule has 34 heavy (non-hydrogen) atoms. The highest BCUT2D eigenvalue weighted by Crippen LogP contribution is 2.34. The van der Waals surface area contributed by atoms with Crippen LogP contribution in [-0.4, -0.2) is 113 Å². The molecule has 0 aliphatic heterocycles. The molecule has 0 heterocycles. The van der Waals surface area contributed by atoms with Gasteiger partial charge in [0.1, 0.15) is 6.29 Å². The van der Waals surface area contributed by atoms with Crippen molar-refractivity contribution in [3.8, 4) is 0 Å². The van der Waals surface area contributed by atoms with E-state index in [4.69, 9.17) is 54.4 Å². The summed E-state index contributed by atoms with van der Waals surface area (Å²) in [5.41, 5.74) is 0. The number of rotatable bonds is 10. The van der Waals surface area contributed by atoms with Crippen molar-refractivity contribution in [2.45, 2.75) is 22.3 Å². The van der Waals surface area contributed by atoms with Crippen LogP contribution in [0.5, 0.6) is 0 Å². The van der Waals surface area contributed by atoms with Gasteiger partial charge in [-0.3, -0.25) is 38.5 Å². The highest BCUT2D eigenvalue weighted by molar-refractivity contribution is 7.51. The molecule has 0 fully saturated rings. The molecule has 0 rings (SSSR count). The van der Waals surface area contributed by atoms with Crippen LogP contribution >= 0.6 is 15.2 Å². The molecule has 0 bridgehead atoms. The summed E-state index contributed by atoms with van der Waals surface area (Å²) < 4.78 is 20.5. The quantitative estimate of drug-likeness (QED) is 0.101. The molecule has 0 unspecified atom stereocenters. The van der Waals surface area contributed by atoms with Gasteiger partial charge < -0.3 is 45.5 Å². The largest absolute Gasteiger partial charge is 0.483 e. The number of aliphatic carboxylic acids is 3. The lowest BCUT2D eigenvalue weighted by atomic mass is 10.5. The van der Waals surface area contributed by atoms with Gasteiger partial charge in [0.2, 0.25) is 0 Å². The topological polar surface area (TPSA) is 345 Å². The Balaban J connectivity index is -0.0000000500. The Bertz CT molecular complexity index is 638. The molecule has 0 aromatic heterocycles. The van der Waals surface area contributed by atoms with E-state index in [1.807, 2.05) is 0 Å². The lowest BCUT2D eigenvalue weighted by Crippen LogP contribution is -2.35. The first-order valence-corrected chi connectivity index (χ1v) is 10.3. The minimum Gasteiger partial charge on any atom is -0.483 e. The zero-order chi connectivity index (χ0) is 25.0. The molecule has 11 N–H and O–H groups in total. The normalized spacial score (nSPS) is 8.74. The smallest absolute Gasteiger partial charge is 0.373 e. The Morgan fingerprint density at radius 2 is 1.12 bits per heavy atom. The number of carboxylic acids is 3. The first-order valence-electron chi connectivity index (χ1n) is 6.70. The molecule has 0 saturated heterocycles. The van der Waals surface area contributed by atoms with E-state index in [2.05, 4.69) is 5.32 Å². The van der Waals surface area contributed by atoms with E-state index in [1.165, 1.54) is 0 Å². The number of hydrogen-bond acceptors (Lipinski definition) is 10. The van der Waals surface area contributed by atoms with Gasteiger partial charge in [0, 0.05) is 0 Å². The van der Waals surface area contributed by atoms with Crippen LogP contribution in [0.2, 0.25) is 0 Å². The lowest BCUT2D eigenvalue weighted by molar-refractivity contribution is -0.191. The Morgan fingerprint density at radius 3 is 1.29 bits per heavy atom. The fourth-order valence-corrected chi connectivity index (χ4v) is 2.23. The van der Waals surface area contributed by atoms with Crippen LogP contribution in [0.3, 0.4) is 0 Å². The Morgan fingerprint density at radius 1 is 0.824 bits per heavy atom. The maximum Gasteiger partial charge on any atom is 0.373 e. The second-order valence-electron chi connectivity index (χ2n) is 4.41. The molecule has 21 heteroatoms. The second-order valence-corrected chi connectivity index (χ2v) is 7.67. The summed E-state index contributed by atoms with van der Waals surface area (Å²) in [6.07, 6.45) is -1.23. The van der Waals surface area contributed by atoms with Crippen molar-refractivity contribution in [1.29, 1.82) is 0 Å². The molecule has 0 aromatic rings. The molecule has 19 nitrogen and oxygen atoms in total. The number of nitrogens with one attached hydrogen (secondary N) is 1. The van der Waals surface area contributed by atoms with Crippen LogP contribution in [0.15, 0.2) is 0 Å². The van der Waals surface area contributed by atoms with Crippen molar-refractivity contribution in [2.24, 2.45) is 0 Å². The maximum absolute atomic E-state index is 10.5. The highest BCUT2D eigenvalue weighted by atomic mass is 31.2. The number of carboxylic acid groups (broad SMARTS) is 4. The molecular formula is C13H34N2O17P2. The lowest BCUT2D eigenvalue weighted by Gasteiger charge is -2.17. The van der Waals surface area contributed by atoms with Gasteiger partial charge in [-0.15, -0.1) is 0 Å². The minimum atomic E-state index is -4.44. The van der Waals surface area contributed by atoms with Crippen molar-refractivity contribution in [2.75, 3.05) is 32.2 Å². The third-order valence-electron chi connectivity index (χ3n) is 1.70. The van der Waals surface area contributed by atoms with Crippen molar-refractivity contribution in [1.82, 2.24) is 10.2 Å². The summed E-state index contributed by atoms with van der Waals surface area (Å²) in [5, 5.41) is 33.6. The molecule has 0 aliphatic carbocycles. The molecule has 0 radical (unpaired) electrons. The van der Waals surface area contributed by atoms with Crippen LogP contribution < -0.4 is 5.32 Å². The van der Waals surface area contributed by atoms with Crippen LogP contribution in [0.4, 0.5) is 0 Å². The fourth-order valence-electron chi connectivity index (χ4n) is 1.11. The van der Waals surface area contributed by atoms with Crippen molar-refractivity contribution in [3.05, 3.63) is 0 Å². The summed E-state index contributed by atoms with van der Waals surface area (Å²) >= 11 is 0. The predicted molar refractivity (Wildman–Crippen MR) is 114 cm³/mol. The van der Waals surface area contributed by atoms with E-state index < -0.39 is 65.3 Å². The first kappa shape index (κ1) is 53.0. The fraction of sp³-hybridized carbons (Fsp3) is 0.615. The molecule has 0 atom stereocenters. The predicted octanol–water partition coefficient (Wildman–Crippen LogP) is -2.41. The maximum atomic E-state index is 10.5. The molecule has 208 valence electrons. The van der Waals surface area contributed by atoms with E-state index in [9.17, 15) is 23.5 Å². The first-order chi connectivity index (χ1) is 13.4. The molecule has 0 aromatic carbocycles. The third-order valence-corrected chi connectivity index (χ3v) is 3.10. The minimum absolute atomic E-state index is 0. The highest BCUT2D eigenvalue weighted by Gasteiger charge is 2.22. The molecule has 0 saturated carbocycles. The van der Waals surface area contributed by atoms with E-state index in [0.29, 0.717) is 4.90 Å². The zero-order valence-electron chi connectivity index (χ0n) is 15.3. The third kappa shape index (κ3) is 78.3. The standard InChI is InChI=1S/C5H10NO7P.C3H8NO5P.CH2O2.CO2.3CH4.H2O/c7-4(8)1-6(2-5(9)10)3-14(11,12)13;5-3(6)1-4-2-10(7,8)9;2*2-1-3;;;;/h1-3H2,(H,7,8)(H,9,10)(H2,11,12,13);4H,1-2H2,(H,5,6)(H2,7,8,9);1H,(H,2,3);;3*1H4;1H2. The Kier molecular flexibility index (Phi) is 47.5. The zero-order valence-corrected chi connectivity index (χ0v) is 17.1. The molecular weight excluding hydrogens is 518 g/mol. The van der Waals surface area contributed by atoms with Crippen LogP contribution in [-0.2, 0) is 37.9 Å². The van der Waals surface area contributed by atoms with Gasteiger partial charge in [0.15, 0.2) is 0 Å². The van der Waals surface area contributed by atoms with Gasteiger partial charge in [-0.2, -0.15) is 9.59 Å². The van der Waals surface area contributed by atoms with Crippen molar-refractivity contribution < 1.29 is 83.4 Å². The summed E-state index contributed by atoms with van der Waals surface area (Å²) in [6, 6.07) is 0. The molecule has 0 spiro atoms. The summed E-state index contributed by atoms with van der Waals surface area (Å²) in [7, 11) is -8.53. The van der Waals surface area contributed by atoms with Gasteiger partial charge in [-0.05, 0) is 0 Å². The molecule has 0 amide bonds. The number of carbonyl (C=O) groups excluding carboxylic acids is 2. The van der Waals surface area contributed by atoms with Crippen molar-refractivity contribution in [3.63, 3.8) is 0 Å². The summed E-state index contributed by atoms with van der Waals surface area (Å²) in [6.45, 7) is -2.14. The Labute approximate surface area is 194 Å². The number of hydrogen-bond donors (Lipinski definition) is 9. The van der Waals surface area contributed by atoms with Crippen LogP contribution in [0, 0.1) is 0 Å². The van der Waals surface area contributed by atoms with Crippen LogP contribution in [0.1, 0.15) is 22.3 Å². The van der Waals surface area contributed by atoms with Gasteiger partial charge in [0.25, 0.3) is 6.47 Å². The van der Waals surface area contributed by atoms with E-state index in [1.54, 1.807) is 0 Å². The van der Waals surface area contributed by atoms with Crippen LogP contribution in [0.25, 0.3) is 0 Å². The van der Waals surface area contributed by atoms with E-state index >= 15 is 0 Å². The summed E-state index contributed by atoms with van der Waals surface area (Å²) in [5.74, 6) is -3.84. The van der Waals surface area contributed by atoms with Crippen molar-refractivity contribution >= 4 is 45.7 Å². The number of nitrogens with zero attached hydrogens (tertiary/aromatic N) is 1. The second kappa shape index (κ2) is 30.4. The number of carbonyl (C=O) groups is 4. The van der Waals surface area contributed by atoms with E-state index in [0.717, 1.165) is 0 Å². The SMILES string of the molecule is C.C.C.O.O=C(O)CN(CC(=O)O)CP(=O)(O)O.O=C(O)CNCP(=O)(O)O.O=C=O.O=CO. The van der Waals surface area contributed by atoms with Gasteiger partial charge in [-0.25, -0.2) is 0 Å². The van der Waals surface area contributed by atoms with Gasteiger partial charge >= 0.3 is 39.3 Å². The monoisotopic (exact) mass is 552 g/mol. The van der Waals surface area contributed by atoms with Gasteiger partial charge in [0.05, 0.1) is 25.9 Å². The Hall–Kier alpha value is -2.56. The van der Waals surface area contributed by atoms with Gasteiger partial charge in [-0.1, -0.05) is 22.3 Å². The average molecular weight is 552 g/mol.